The molecule has 0 amide bonds. The van der Waals surface area contributed by atoms with Crippen molar-refractivity contribution in [2.45, 2.75) is 12.3 Å². The van der Waals surface area contributed by atoms with E-state index in [0.717, 1.165) is 56.7 Å². The first-order valence-electron chi connectivity index (χ1n) is 11.8. The molecule has 0 fully saturated rings. The average molecular weight is 469 g/mol. The van der Waals surface area contributed by atoms with Gasteiger partial charge >= 0.3 is 0 Å². The van der Waals surface area contributed by atoms with E-state index in [4.69, 9.17) is 8.83 Å². The Morgan fingerprint density at radius 3 is 2.06 bits per heavy atom. The molecule has 1 unspecified atom stereocenters. The number of aromatic nitrogens is 4. The lowest BCUT2D eigenvalue weighted by Crippen LogP contribution is -2.02. The van der Waals surface area contributed by atoms with Crippen molar-refractivity contribution in [2.75, 3.05) is 0 Å². The predicted octanol–water partition coefficient (Wildman–Crippen LogP) is 7.22. The van der Waals surface area contributed by atoms with E-state index in [2.05, 4.69) is 44.2 Å². The normalized spacial score (nSPS) is 15.4. The van der Waals surface area contributed by atoms with Crippen LogP contribution in [0.1, 0.15) is 23.9 Å². The zero-order valence-corrected chi connectivity index (χ0v) is 19.2. The summed E-state index contributed by atoms with van der Waals surface area (Å²) in [5, 5.41) is 0. The molecule has 0 bridgehead atoms. The molecule has 3 aromatic heterocycles. The summed E-state index contributed by atoms with van der Waals surface area (Å²) in [5.41, 5.74) is 8.09. The third-order valence-electron chi connectivity index (χ3n) is 6.43. The summed E-state index contributed by atoms with van der Waals surface area (Å²) in [5.74, 6) is 1.42. The van der Waals surface area contributed by atoms with E-state index in [9.17, 15) is 0 Å². The van der Waals surface area contributed by atoms with Crippen molar-refractivity contribution < 1.29 is 8.83 Å². The van der Waals surface area contributed by atoms with E-state index in [1.165, 1.54) is 0 Å². The van der Waals surface area contributed by atoms with Crippen molar-refractivity contribution in [1.29, 1.82) is 0 Å². The van der Waals surface area contributed by atoms with Crippen molar-refractivity contribution in [3.63, 3.8) is 0 Å². The molecule has 0 aliphatic heterocycles. The lowest BCUT2D eigenvalue weighted by Gasteiger charge is -2.15. The van der Waals surface area contributed by atoms with E-state index >= 15 is 0 Å². The second-order valence-electron chi connectivity index (χ2n) is 8.74. The highest BCUT2D eigenvalue weighted by Crippen LogP contribution is 2.32. The molecule has 0 saturated heterocycles. The van der Waals surface area contributed by atoms with Gasteiger partial charge in [0.15, 0.2) is 11.2 Å². The molecule has 0 saturated carbocycles. The van der Waals surface area contributed by atoms with Crippen LogP contribution < -0.4 is 0 Å². The summed E-state index contributed by atoms with van der Waals surface area (Å²) < 4.78 is 11.8. The standard InChI is InChI=1S/C30H20N4O2/c1-3-7-27-23(5-1)33-29(35-27)21-13-9-19(10-14-21)25-17-26(32-18-31-25)20-11-15-22(16-12-20)30-34-24-6-2-4-8-28(24)36-30/h1-11,13-18,20H,12H2. The van der Waals surface area contributed by atoms with Crippen molar-refractivity contribution >= 4 is 27.8 Å². The van der Waals surface area contributed by atoms with Gasteiger partial charge in [-0.05, 0) is 48.9 Å². The fourth-order valence-electron chi connectivity index (χ4n) is 4.51. The van der Waals surface area contributed by atoms with Gasteiger partial charge < -0.3 is 8.83 Å². The zero-order valence-electron chi connectivity index (χ0n) is 19.2. The Morgan fingerprint density at radius 2 is 1.36 bits per heavy atom. The molecule has 0 spiro atoms. The molecule has 0 radical (unpaired) electrons. The Balaban J connectivity index is 1.11. The number of benzene rings is 3. The van der Waals surface area contributed by atoms with Gasteiger partial charge in [0, 0.05) is 22.6 Å². The molecule has 6 nitrogen and oxygen atoms in total. The summed E-state index contributed by atoms with van der Waals surface area (Å²) in [7, 11) is 0. The van der Waals surface area contributed by atoms with E-state index in [1.54, 1.807) is 6.33 Å². The fraction of sp³-hybridized carbons (Fsp3) is 0.0667. The molecule has 0 N–H and O–H groups in total. The van der Waals surface area contributed by atoms with Crippen LogP contribution in [0, 0.1) is 0 Å². The van der Waals surface area contributed by atoms with Gasteiger partial charge in [-0.3, -0.25) is 0 Å². The lowest BCUT2D eigenvalue weighted by atomic mass is 9.93. The topological polar surface area (TPSA) is 77.8 Å². The number of allylic oxidation sites excluding steroid dienone is 4. The van der Waals surface area contributed by atoms with E-state index in [-0.39, 0.29) is 5.92 Å². The number of para-hydroxylation sites is 4. The predicted molar refractivity (Wildman–Crippen MR) is 139 cm³/mol. The highest BCUT2D eigenvalue weighted by atomic mass is 16.4. The van der Waals surface area contributed by atoms with E-state index < -0.39 is 0 Å². The van der Waals surface area contributed by atoms with Gasteiger partial charge in [-0.15, -0.1) is 0 Å². The second-order valence-corrected chi connectivity index (χ2v) is 8.74. The van der Waals surface area contributed by atoms with Crippen molar-refractivity contribution in [2.24, 2.45) is 0 Å². The van der Waals surface area contributed by atoms with Gasteiger partial charge in [0.1, 0.15) is 17.4 Å². The molecule has 3 heterocycles. The van der Waals surface area contributed by atoms with Gasteiger partial charge in [-0.1, -0.05) is 54.6 Å². The van der Waals surface area contributed by atoms with Crippen molar-refractivity contribution in [1.82, 2.24) is 19.9 Å². The van der Waals surface area contributed by atoms with Gasteiger partial charge in [-0.2, -0.15) is 0 Å². The third kappa shape index (κ3) is 3.69. The molecule has 1 aliphatic rings. The monoisotopic (exact) mass is 468 g/mol. The second kappa shape index (κ2) is 8.43. The quantitative estimate of drug-likeness (QED) is 0.272. The maximum Gasteiger partial charge on any atom is 0.227 e. The molecular formula is C30H20N4O2. The van der Waals surface area contributed by atoms with E-state index in [1.807, 2.05) is 72.8 Å². The Kier molecular flexibility index (Phi) is 4.81. The summed E-state index contributed by atoms with van der Waals surface area (Å²) in [6, 6.07) is 25.7. The first-order valence-corrected chi connectivity index (χ1v) is 11.8. The number of oxazole rings is 2. The average Bonchev–Trinajstić information content (AvgIpc) is 3.58. The number of rotatable bonds is 4. The van der Waals surface area contributed by atoms with Gasteiger partial charge in [-0.25, -0.2) is 19.9 Å². The molecule has 6 aromatic rings. The molecular weight excluding hydrogens is 448 g/mol. The van der Waals surface area contributed by atoms with Crippen LogP contribution in [-0.4, -0.2) is 19.9 Å². The number of nitrogens with zero attached hydrogens (tertiary/aromatic N) is 4. The maximum absolute atomic E-state index is 5.92. The van der Waals surface area contributed by atoms with Crippen LogP contribution in [0.25, 0.3) is 50.5 Å². The highest BCUT2D eigenvalue weighted by molar-refractivity contribution is 5.79. The number of hydrogen-bond acceptors (Lipinski definition) is 6. The van der Waals surface area contributed by atoms with Crippen LogP contribution in [0.2, 0.25) is 0 Å². The van der Waals surface area contributed by atoms with Gasteiger partial charge in [0.25, 0.3) is 0 Å². The van der Waals surface area contributed by atoms with Crippen LogP contribution >= 0.6 is 0 Å². The smallest absolute Gasteiger partial charge is 0.227 e. The summed E-state index contributed by atoms with van der Waals surface area (Å²) in [6.07, 6.45) is 8.83. The van der Waals surface area contributed by atoms with Gasteiger partial charge in [0.05, 0.1) is 11.4 Å². The summed E-state index contributed by atoms with van der Waals surface area (Å²) >= 11 is 0. The minimum Gasteiger partial charge on any atom is -0.436 e. The van der Waals surface area contributed by atoms with Crippen LogP contribution in [-0.2, 0) is 0 Å². The molecule has 1 aliphatic carbocycles. The lowest BCUT2D eigenvalue weighted by molar-refractivity contribution is 0.584. The maximum atomic E-state index is 5.92. The van der Waals surface area contributed by atoms with Crippen LogP contribution in [0.4, 0.5) is 0 Å². The molecule has 36 heavy (non-hydrogen) atoms. The minimum absolute atomic E-state index is 0.166. The fourth-order valence-corrected chi connectivity index (χ4v) is 4.51. The number of hydrogen-bond donors (Lipinski definition) is 0. The van der Waals surface area contributed by atoms with Crippen LogP contribution in [0.15, 0.2) is 112 Å². The molecule has 3 aromatic carbocycles. The summed E-state index contributed by atoms with van der Waals surface area (Å²) in [4.78, 5) is 18.3. The first-order chi connectivity index (χ1) is 17.8. The Morgan fingerprint density at radius 1 is 0.694 bits per heavy atom. The molecule has 7 rings (SSSR count). The van der Waals surface area contributed by atoms with Crippen LogP contribution in [0.3, 0.4) is 0 Å². The van der Waals surface area contributed by atoms with E-state index in [0.29, 0.717) is 11.8 Å². The first kappa shape index (κ1) is 20.5. The minimum atomic E-state index is 0.166. The molecule has 172 valence electrons. The SMILES string of the molecule is C1=CC(c2cc(-c3ccc(-c4nc5ccccc5o4)cc3)ncn2)CC=C1c1nc2ccccc2o1. The Hall–Kier alpha value is -4.84. The number of fused-ring (bicyclic) bond motifs is 2. The zero-order chi connectivity index (χ0) is 23.9. The van der Waals surface area contributed by atoms with Crippen molar-refractivity contribution in [3.05, 3.63) is 115 Å². The van der Waals surface area contributed by atoms with Crippen molar-refractivity contribution in [3.8, 4) is 22.7 Å². The molecule has 1 atom stereocenters. The Labute approximate surface area is 206 Å². The third-order valence-corrected chi connectivity index (χ3v) is 6.43. The largest absolute Gasteiger partial charge is 0.436 e. The van der Waals surface area contributed by atoms with Gasteiger partial charge in [0.2, 0.25) is 11.8 Å². The summed E-state index contributed by atoms with van der Waals surface area (Å²) in [6.45, 7) is 0. The highest BCUT2D eigenvalue weighted by Gasteiger charge is 2.17. The Bertz CT molecular complexity index is 1710. The van der Waals surface area contributed by atoms with Crippen LogP contribution in [0.5, 0.6) is 0 Å². The molecule has 6 heteroatoms.